The molecule has 0 saturated heterocycles. The van der Waals surface area contributed by atoms with Crippen molar-refractivity contribution in [2.24, 2.45) is 0 Å². The van der Waals surface area contributed by atoms with Crippen LogP contribution in [0.15, 0.2) is 30.5 Å². The molecule has 0 atom stereocenters. The zero-order valence-corrected chi connectivity index (χ0v) is 13.2. The molecule has 21 heavy (non-hydrogen) atoms. The summed E-state index contributed by atoms with van der Waals surface area (Å²) < 4.78 is 0. The van der Waals surface area contributed by atoms with Crippen LogP contribution < -0.4 is 10.6 Å². The highest BCUT2D eigenvalue weighted by molar-refractivity contribution is 6.32. The minimum absolute atomic E-state index is 0.543. The van der Waals surface area contributed by atoms with E-state index in [1.54, 1.807) is 6.20 Å². The van der Waals surface area contributed by atoms with E-state index in [1.165, 1.54) is 11.1 Å². The molecule has 0 bridgehead atoms. The second-order valence-corrected chi connectivity index (χ2v) is 5.33. The van der Waals surface area contributed by atoms with E-state index in [2.05, 4.69) is 58.7 Å². The molecule has 0 aliphatic carbocycles. The number of benzene rings is 1. The number of hydrogen-bond donors (Lipinski definition) is 2. The van der Waals surface area contributed by atoms with E-state index in [0.717, 1.165) is 25.9 Å². The predicted molar refractivity (Wildman–Crippen MR) is 89.2 cm³/mol. The molecule has 0 amide bonds. The zero-order valence-electron chi connectivity index (χ0n) is 12.5. The fourth-order valence-electron chi connectivity index (χ4n) is 2.02. The van der Waals surface area contributed by atoms with Gasteiger partial charge in [-0.05, 0) is 30.9 Å². The lowest BCUT2D eigenvalue weighted by atomic mass is 10.1. The van der Waals surface area contributed by atoms with Gasteiger partial charge >= 0.3 is 0 Å². The maximum Gasteiger partial charge on any atom is 0.224 e. The van der Waals surface area contributed by atoms with Crippen LogP contribution in [0.1, 0.15) is 24.5 Å². The summed E-state index contributed by atoms with van der Waals surface area (Å²) in [6.07, 6.45) is 3.59. The van der Waals surface area contributed by atoms with Gasteiger partial charge in [0.2, 0.25) is 5.95 Å². The van der Waals surface area contributed by atoms with Crippen molar-refractivity contribution >= 4 is 23.4 Å². The Morgan fingerprint density at radius 1 is 1.14 bits per heavy atom. The number of aryl methyl sites for hydroxylation is 1. The molecule has 2 aromatic rings. The van der Waals surface area contributed by atoms with Gasteiger partial charge in [0.05, 0.1) is 6.20 Å². The first-order valence-corrected chi connectivity index (χ1v) is 7.63. The molecular formula is C16H21ClN4. The van der Waals surface area contributed by atoms with Gasteiger partial charge in [0, 0.05) is 13.1 Å². The van der Waals surface area contributed by atoms with E-state index >= 15 is 0 Å². The summed E-state index contributed by atoms with van der Waals surface area (Å²) in [5.41, 5.74) is 2.64. The van der Waals surface area contributed by atoms with Gasteiger partial charge in [-0.25, -0.2) is 4.98 Å². The molecule has 0 radical (unpaired) electrons. The molecule has 1 aromatic heterocycles. The van der Waals surface area contributed by atoms with Gasteiger partial charge in [0.15, 0.2) is 0 Å². The molecule has 2 rings (SSSR count). The molecule has 4 nitrogen and oxygen atoms in total. The first kappa shape index (κ1) is 15.6. The normalized spacial score (nSPS) is 10.4. The average Bonchev–Trinajstić information content (AvgIpc) is 2.49. The molecule has 112 valence electrons. The number of halogens is 1. The van der Waals surface area contributed by atoms with Crippen molar-refractivity contribution in [2.45, 2.75) is 26.7 Å². The number of anilines is 2. The van der Waals surface area contributed by atoms with Gasteiger partial charge in [0.1, 0.15) is 10.8 Å². The quantitative estimate of drug-likeness (QED) is 0.814. The van der Waals surface area contributed by atoms with Crippen LogP contribution in [0.2, 0.25) is 5.02 Å². The highest BCUT2D eigenvalue weighted by Crippen LogP contribution is 2.19. The minimum atomic E-state index is 0.543. The van der Waals surface area contributed by atoms with Gasteiger partial charge in [0.25, 0.3) is 0 Å². The van der Waals surface area contributed by atoms with Crippen LogP contribution in [0.3, 0.4) is 0 Å². The molecule has 0 spiro atoms. The molecule has 5 heteroatoms. The molecule has 1 heterocycles. The summed E-state index contributed by atoms with van der Waals surface area (Å²) in [5.74, 6) is 1.29. The maximum absolute atomic E-state index is 6.13. The van der Waals surface area contributed by atoms with Gasteiger partial charge in [-0.15, -0.1) is 0 Å². The highest BCUT2D eigenvalue weighted by Gasteiger charge is 2.05. The van der Waals surface area contributed by atoms with E-state index < -0.39 is 0 Å². The summed E-state index contributed by atoms with van der Waals surface area (Å²) in [6.45, 7) is 5.86. The fourth-order valence-corrected chi connectivity index (χ4v) is 2.18. The zero-order chi connectivity index (χ0) is 15.1. The number of rotatable bonds is 7. The lowest BCUT2D eigenvalue weighted by Crippen LogP contribution is -2.10. The molecule has 1 aromatic carbocycles. The van der Waals surface area contributed by atoms with Crippen molar-refractivity contribution in [1.82, 2.24) is 9.97 Å². The van der Waals surface area contributed by atoms with Crippen LogP contribution >= 0.6 is 11.6 Å². The third-order valence-corrected chi connectivity index (χ3v) is 3.50. The number of hydrogen-bond acceptors (Lipinski definition) is 4. The molecule has 0 unspecified atom stereocenters. The second kappa shape index (κ2) is 7.84. The Kier molecular flexibility index (Phi) is 5.81. The second-order valence-electron chi connectivity index (χ2n) is 4.92. The molecule has 0 aliphatic heterocycles. The SMILES string of the molecule is CCCNc1ncc(Cl)c(NCCc2ccccc2C)n1. The van der Waals surface area contributed by atoms with E-state index in [9.17, 15) is 0 Å². The van der Waals surface area contributed by atoms with Crippen molar-refractivity contribution < 1.29 is 0 Å². The fraction of sp³-hybridized carbons (Fsp3) is 0.375. The van der Waals surface area contributed by atoms with Crippen LogP contribution in [0, 0.1) is 6.92 Å². The summed E-state index contributed by atoms with van der Waals surface area (Å²) in [7, 11) is 0. The van der Waals surface area contributed by atoms with E-state index in [4.69, 9.17) is 11.6 Å². The van der Waals surface area contributed by atoms with Crippen molar-refractivity contribution in [2.75, 3.05) is 23.7 Å². The lowest BCUT2D eigenvalue weighted by Gasteiger charge is -2.10. The maximum atomic E-state index is 6.13. The monoisotopic (exact) mass is 304 g/mol. The van der Waals surface area contributed by atoms with Crippen molar-refractivity contribution in [3.63, 3.8) is 0 Å². The molecule has 0 saturated carbocycles. The Bertz CT molecular complexity index is 586. The third-order valence-electron chi connectivity index (χ3n) is 3.23. The predicted octanol–water partition coefficient (Wildman–Crippen LogP) is 3.91. The minimum Gasteiger partial charge on any atom is -0.368 e. The van der Waals surface area contributed by atoms with E-state index in [1.807, 2.05) is 0 Å². The van der Waals surface area contributed by atoms with Crippen LogP contribution in [0.25, 0.3) is 0 Å². The van der Waals surface area contributed by atoms with Crippen molar-refractivity contribution in [3.8, 4) is 0 Å². The van der Waals surface area contributed by atoms with Gasteiger partial charge in [-0.3, -0.25) is 0 Å². The number of nitrogens with one attached hydrogen (secondary N) is 2. The van der Waals surface area contributed by atoms with E-state index in [0.29, 0.717) is 16.8 Å². The lowest BCUT2D eigenvalue weighted by molar-refractivity contribution is 0.945. The van der Waals surface area contributed by atoms with Crippen molar-refractivity contribution in [1.29, 1.82) is 0 Å². The standard InChI is InChI=1S/C16H21ClN4/c1-3-9-19-16-20-11-14(17)15(21-16)18-10-8-13-7-5-4-6-12(13)2/h4-7,11H,3,8-10H2,1-2H3,(H2,18,19,20,21). The Morgan fingerprint density at radius 2 is 1.95 bits per heavy atom. The van der Waals surface area contributed by atoms with Gasteiger partial charge < -0.3 is 10.6 Å². The Morgan fingerprint density at radius 3 is 2.71 bits per heavy atom. The Hall–Kier alpha value is -1.81. The Labute approximate surface area is 131 Å². The average molecular weight is 305 g/mol. The number of nitrogens with zero attached hydrogens (tertiary/aromatic N) is 2. The van der Waals surface area contributed by atoms with Gasteiger partial charge in [-0.2, -0.15) is 4.98 Å². The van der Waals surface area contributed by atoms with Crippen LogP contribution in [-0.4, -0.2) is 23.1 Å². The molecule has 0 fully saturated rings. The third kappa shape index (κ3) is 4.60. The smallest absolute Gasteiger partial charge is 0.224 e. The topological polar surface area (TPSA) is 49.8 Å². The summed E-state index contributed by atoms with van der Waals surface area (Å²) >= 11 is 6.13. The summed E-state index contributed by atoms with van der Waals surface area (Å²) in [6, 6.07) is 8.39. The summed E-state index contributed by atoms with van der Waals surface area (Å²) in [5, 5.41) is 6.98. The summed E-state index contributed by atoms with van der Waals surface area (Å²) in [4.78, 5) is 8.56. The molecule has 0 aliphatic rings. The molecule has 2 N–H and O–H groups in total. The first-order chi connectivity index (χ1) is 10.2. The van der Waals surface area contributed by atoms with Crippen LogP contribution in [0.4, 0.5) is 11.8 Å². The van der Waals surface area contributed by atoms with Gasteiger partial charge in [-0.1, -0.05) is 42.8 Å². The highest BCUT2D eigenvalue weighted by atomic mass is 35.5. The van der Waals surface area contributed by atoms with E-state index in [-0.39, 0.29) is 0 Å². The number of aromatic nitrogens is 2. The van der Waals surface area contributed by atoms with Crippen LogP contribution in [-0.2, 0) is 6.42 Å². The largest absolute Gasteiger partial charge is 0.368 e. The van der Waals surface area contributed by atoms with Crippen molar-refractivity contribution in [3.05, 3.63) is 46.6 Å². The first-order valence-electron chi connectivity index (χ1n) is 7.25. The molecular weight excluding hydrogens is 284 g/mol. The Balaban J connectivity index is 1.94. The van der Waals surface area contributed by atoms with Crippen LogP contribution in [0.5, 0.6) is 0 Å².